The van der Waals surface area contributed by atoms with Gasteiger partial charge in [-0.25, -0.2) is 19.7 Å². The van der Waals surface area contributed by atoms with Crippen LogP contribution in [0.5, 0.6) is 5.88 Å². The third-order valence-corrected chi connectivity index (χ3v) is 8.44. The first-order chi connectivity index (χ1) is 21.3. The molecule has 5 heterocycles. The van der Waals surface area contributed by atoms with E-state index in [2.05, 4.69) is 21.0 Å². The van der Waals surface area contributed by atoms with Crippen molar-refractivity contribution in [3.8, 4) is 5.88 Å². The van der Waals surface area contributed by atoms with Crippen molar-refractivity contribution in [1.82, 2.24) is 24.5 Å². The number of imidazole rings is 1. The fourth-order valence-electron chi connectivity index (χ4n) is 5.67. The van der Waals surface area contributed by atoms with Crippen LogP contribution in [0.15, 0.2) is 47.0 Å². The summed E-state index contributed by atoms with van der Waals surface area (Å²) >= 11 is 6.13. The highest BCUT2D eigenvalue weighted by atomic mass is 35.5. The maximum Gasteiger partial charge on any atom is 0.354 e. The lowest BCUT2D eigenvalue weighted by Crippen LogP contribution is -2.32. The van der Waals surface area contributed by atoms with Crippen LogP contribution in [0.3, 0.4) is 0 Å². The van der Waals surface area contributed by atoms with E-state index in [1.54, 1.807) is 18.2 Å². The van der Waals surface area contributed by atoms with Crippen molar-refractivity contribution >= 4 is 45.3 Å². The number of carboxylic acid groups (broad SMARTS) is 1. The average Bonchev–Trinajstić information content (AvgIpc) is 3.55. The average molecular weight is 622 g/mol. The predicted octanol–water partition coefficient (Wildman–Crippen LogP) is 6.39. The van der Waals surface area contributed by atoms with Crippen LogP contribution in [0.1, 0.15) is 53.4 Å². The van der Waals surface area contributed by atoms with E-state index in [1.165, 1.54) is 12.1 Å². The number of ether oxygens (including phenoxy) is 2. The number of aromatic carboxylic acids is 1. The summed E-state index contributed by atoms with van der Waals surface area (Å²) in [4.78, 5) is 29.2. The number of allylic oxidation sites excluding steroid dienone is 2. The monoisotopic (exact) mass is 621 g/mol. The number of rotatable bonds is 9. The van der Waals surface area contributed by atoms with Crippen molar-refractivity contribution in [2.45, 2.75) is 51.4 Å². The molecule has 226 valence electrons. The molecule has 13 heteroatoms. The number of fused-ring (bicyclic) bond motifs is 2. The first-order valence-corrected chi connectivity index (χ1v) is 14.6. The van der Waals surface area contributed by atoms with Gasteiger partial charge in [-0.2, -0.15) is 13.8 Å². The predicted molar refractivity (Wildman–Crippen MR) is 155 cm³/mol. The maximum absolute atomic E-state index is 14.6. The lowest BCUT2D eigenvalue weighted by atomic mass is 9.87. The zero-order chi connectivity index (χ0) is 30.4. The molecule has 0 radical (unpaired) electrons. The van der Waals surface area contributed by atoms with Crippen molar-refractivity contribution in [3.63, 3.8) is 0 Å². The second kappa shape index (κ2) is 11.6. The van der Waals surface area contributed by atoms with Crippen LogP contribution in [-0.2, 0) is 24.3 Å². The van der Waals surface area contributed by atoms with Gasteiger partial charge in [0.2, 0.25) is 5.82 Å². The fourth-order valence-corrected chi connectivity index (χ4v) is 5.87. The van der Waals surface area contributed by atoms with Gasteiger partial charge in [-0.15, -0.1) is 0 Å². The van der Waals surface area contributed by atoms with Crippen molar-refractivity contribution in [2.75, 3.05) is 6.61 Å². The normalized spacial score (nSPS) is 18.4. The lowest BCUT2D eigenvalue weighted by Gasteiger charge is -2.28. The molecule has 5 aromatic rings. The highest BCUT2D eigenvalue weighted by Crippen LogP contribution is 2.33. The Bertz CT molecular complexity index is 1940. The Morgan fingerprint density at radius 1 is 1.16 bits per heavy atom. The number of aromatic nitrogens is 5. The molecule has 1 aromatic carbocycles. The molecular formula is C31H26ClF2N5O5. The standard InChI is InChI=1S/C31H26ClF2N5O5/c32-21-6-5-18(27-20(21)12-25(34)44-27)15-43-30-22(33)13-35-28(38-30)17-3-1-16(2-4-17)11-26-36-23-7-8-24(31(40)41)37-29(23)39(26)14-19-9-10-42-19/h3,5-8,12-13,16,19H,1-2,4,9-11,14-15H2,(H,40,41)/t16-,19-/m0/s1. The lowest BCUT2D eigenvalue weighted by molar-refractivity contribution is -0.0591. The molecule has 1 aliphatic heterocycles. The Labute approximate surface area is 254 Å². The van der Waals surface area contributed by atoms with E-state index in [1.807, 2.05) is 4.57 Å². The zero-order valence-corrected chi connectivity index (χ0v) is 24.1. The summed E-state index contributed by atoms with van der Waals surface area (Å²) in [7, 11) is 0. The summed E-state index contributed by atoms with van der Waals surface area (Å²) < 4.78 is 46.8. The Morgan fingerprint density at radius 2 is 2.02 bits per heavy atom. The molecular weight excluding hydrogens is 596 g/mol. The minimum atomic E-state index is -1.09. The second-order valence-corrected chi connectivity index (χ2v) is 11.4. The molecule has 2 atom stereocenters. The van der Waals surface area contributed by atoms with Crippen molar-refractivity contribution in [2.24, 2.45) is 5.92 Å². The Morgan fingerprint density at radius 3 is 2.77 bits per heavy atom. The van der Waals surface area contributed by atoms with Crippen LogP contribution in [0.2, 0.25) is 5.02 Å². The fraction of sp³-hybridized carbons (Fsp3) is 0.323. The van der Waals surface area contributed by atoms with E-state index in [9.17, 15) is 18.7 Å². The van der Waals surface area contributed by atoms with Crippen molar-refractivity contribution in [3.05, 3.63) is 82.4 Å². The van der Waals surface area contributed by atoms with E-state index < -0.39 is 17.8 Å². The minimum Gasteiger partial charge on any atom is -0.477 e. The van der Waals surface area contributed by atoms with Gasteiger partial charge in [0.05, 0.1) is 23.9 Å². The summed E-state index contributed by atoms with van der Waals surface area (Å²) in [5, 5.41) is 10.2. The highest BCUT2D eigenvalue weighted by molar-refractivity contribution is 6.35. The Balaban J connectivity index is 1.07. The van der Waals surface area contributed by atoms with Crippen LogP contribution in [0, 0.1) is 17.7 Å². The van der Waals surface area contributed by atoms with Gasteiger partial charge < -0.3 is 23.6 Å². The van der Waals surface area contributed by atoms with Gasteiger partial charge in [-0.1, -0.05) is 23.7 Å². The molecule has 0 unspecified atom stereocenters. The molecule has 44 heavy (non-hydrogen) atoms. The summed E-state index contributed by atoms with van der Waals surface area (Å²) in [6, 6.07) is 6.81. The van der Waals surface area contributed by atoms with E-state index in [0.717, 1.165) is 36.9 Å². The molecule has 0 saturated carbocycles. The van der Waals surface area contributed by atoms with Gasteiger partial charge >= 0.3 is 5.97 Å². The molecule has 0 spiro atoms. The molecule has 7 rings (SSSR count). The first-order valence-electron chi connectivity index (χ1n) is 14.2. The Hall–Kier alpha value is -4.42. The number of hydrogen-bond donors (Lipinski definition) is 1. The SMILES string of the molecule is O=C(O)c1ccc2nc(C[C@H]3CC=C(c4ncc(F)c(OCc5ccc(Cl)c6cc(F)oc56)n4)CC3)n(C[C@@H]3CCO3)c2n1. The molecule has 10 nitrogen and oxygen atoms in total. The van der Waals surface area contributed by atoms with Crippen LogP contribution >= 0.6 is 11.6 Å². The van der Waals surface area contributed by atoms with Gasteiger partial charge in [0.1, 0.15) is 23.5 Å². The summed E-state index contributed by atoms with van der Waals surface area (Å²) in [6.07, 6.45) is 7.03. The molecule has 0 amide bonds. The number of hydrogen-bond acceptors (Lipinski definition) is 8. The molecule has 1 saturated heterocycles. The van der Waals surface area contributed by atoms with Gasteiger partial charge in [0.15, 0.2) is 17.2 Å². The number of carbonyl (C=O) groups is 1. The third kappa shape index (κ3) is 5.50. The molecule has 2 aliphatic rings. The van der Waals surface area contributed by atoms with Crippen molar-refractivity contribution in [1.29, 1.82) is 0 Å². The zero-order valence-electron chi connectivity index (χ0n) is 23.3. The topological polar surface area (TPSA) is 125 Å². The van der Waals surface area contributed by atoms with E-state index >= 15 is 0 Å². The van der Waals surface area contributed by atoms with Crippen LogP contribution in [0.25, 0.3) is 27.7 Å². The molecule has 0 bridgehead atoms. The third-order valence-electron chi connectivity index (χ3n) is 8.11. The molecule has 1 N–H and O–H groups in total. The van der Waals surface area contributed by atoms with Gasteiger partial charge in [-0.05, 0) is 55.4 Å². The largest absolute Gasteiger partial charge is 0.477 e. The minimum absolute atomic E-state index is 0.0241. The smallest absolute Gasteiger partial charge is 0.354 e. The number of pyridine rings is 1. The quantitative estimate of drug-likeness (QED) is 0.199. The first kappa shape index (κ1) is 28.4. The second-order valence-electron chi connectivity index (χ2n) is 11.0. The van der Waals surface area contributed by atoms with Crippen LogP contribution in [-0.4, -0.2) is 48.3 Å². The number of nitrogens with zero attached hydrogens (tertiary/aromatic N) is 5. The summed E-state index contributed by atoms with van der Waals surface area (Å²) in [6.45, 7) is 1.17. The summed E-state index contributed by atoms with van der Waals surface area (Å²) in [5.74, 6) is -0.523. The number of benzene rings is 1. The van der Waals surface area contributed by atoms with E-state index in [0.29, 0.717) is 59.0 Å². The van der Waals surface area contributed by atoms with Crippen LogP contribution in [0.4, 0.5) is 8.78 Å². The van der Waals surface area contributed by atoms with Crippen LogP contribution < -0.4 is 4.74 Å². The number of carboxylic acids is 1. The van der Waals surface area contributed by atoms with E-state index in [4.69, 9.17) is 30.5 Å². The van der Waals surface area contributed by atoms with Gasteiger partial charge in [0, 0.05) is 30.0 Å². The number of halogens is 3. The highest BCUT2D eigenvalue weighted by Gasteiger charge is 2.26. The summed E-state index contributed by atoms with van der Waals surface area (Å²) in [5.41, 5.74) is 2.79. The van der Waals surface area contributed by atoms with Gasteiger partial charge in [0.25, 0.3) is 11.9 Å². The van der Waals surface area contributed by atoms with Gasteiger partial charge in [-0.3, -0.25) is 0 Å². The maximum atomic E-state index is 14.6. The molecule has 1 fully saturated rings. The molecule has 1 aliphatic carbocycles. The van der Waals surface area contributed by atoms with E-state index in [-0.39, 0.29) is 35.8 Å². The Kier molecular flexibility index (Phi) is 7.47. The number of furan rings is 1. The van der Waals surface area contributed by atoms with Crippen molar-refractivity contribution < 1.29 is 32.6 Å². The molecule has 4 aromatic heterocycles.